The summed E-state index contributed by atoms with van der Waals surface area (Å²) >= 11 is 5.91. The Morgan fingerprint density at radius 1 is 1.24 bits per heavy atom. The number of hydrogen-bond acceptors (Lipinski definition) is 6. The number of nitrogens with zero attached hydrogens (tertiary/aromatic N) is 7. The summed E-state index contributed by atoms with van der Waals surface area (Å²) in [6, 6.07) is 1.97. The standard InChI is InChI=1S/C12H13ClN8/c1-20-6-3-9(19-20)2-4-15-11-16-10(13)17-12(18-11)21-7-5-14-8-21/h3,5-8H,2,4H2,1H3,(H,15,16,17,18). The summed E-state index contributed by atoms with van der Waals surface area (Å²) in [5, 5.41) is 7.55. The first-order valence-electron chi connectivity index (χ1n) is 6.33. The first kappa shape index (κ1) is 13.5. The average molecular weight is 305 g/mol. The maximum Gasteiger partial charge on any atom is 0.241 e. The smallest absolute Gasteiger partial charge is 0.241 e. The minimum Gasteiger partial charge on any atom is -0.354 e. The van der Waals surface area contributed by atoms with Crippen LogP contribution in [0.1, 0.15) is 5.69 Å². The summed E-state index contributed by atoms with van der Waals surface area (Å²) in [6.45, 7) is 0.653. The van der Waals surface area contributed by atoms with E-state index in [0.717, 1.165) is 12.1 Å². The van der Waals surface area contributed by atoms with Crippen molar-refractivity contribution in [2.75, 3.05) is 11.9 Å². The van der Waals surface area contributed by atoms with Crippen molar-refractivity contribution in [1.82, 2.24) is 34.3 Å². The summed E-state index contributed by atoms with van der Waals surface area (Å²) in [7, 11) is 1.89. The lowest BCUT2D eigenvalue weighted by Gasteiger charge is -2.06. The maximum absolute atomic E-state index is 5.91. The van der Waals surface area contributed by atoms with E-state index in [4.69, 9.17) is 11.6 Å². The molecule has 0 unspecified atom stereocenters. The van der Waals surface area contributed by atoms with Crippen LogP contribution in [0.3, 0.4) is 0 Å². The number of nitrogens with one attached hydrogen (secondary N) is 1. The van der Waals surface area contributed by atoms with Gasteiger partial charge in [-0.15, -0.1) is 0 Å². The number of rotatable bonds is 5. The molecule has 0 spiro atoms. The highest BCUT2D eigenvalue weighted by atomic mass is 35.5. The minimum absolute atomic E-state index is 0.133. The molecule has 8 nitrogen and oxygen atoms in total. The molecule has 1 N–H and O–H groups in total. The third-order valence-corrected chi connectivity index (χ3v) is 2.93. The Morgan fingerprint density at radius 3 is 2.86 bits per heavy atom. The van der Waals surface area contributed by atoms with Gasteiger partial charge in [-0.2, -0.15) is 20.1 Å². The molecule has 3 aromatic rings. The molecule has 0 aliphatic carbocycles. The van der Waals surface area contributed by atoms with Crippen molar-refractivity contribution in [1.29, 1.82) is 0 Å². The number of anilines is 1. The molecule has 0 bridgehead atoms. The lowest BCUT2D eigenvalue weighted by atomic mass is 10.3. The van der Waals surface area contributed by atoms with E-state index in [1.54, 1.807) is 28.0 Å². The van der Waals surface area contributed by atoms with Gasteiger partial charge >= 0.3 is 0 Å². The van der Waals surface area contributed by atoms with Crippen LogP contribution >= 0.6 is 11.6 Å². The van der Waals surface area contributed by atoms with Crippen LogP contribution in [0.15, 0.2) is 31.0 Å². The van der Waals surface area contributed by atoms with Crippen LogP contribution in [0.25, 0.3) is 5.95 Å². The van der Waals surface area contributed by atoms with Crippen molar-refractivity contribution >= 4 is 17.5 Å². The van der Waals surface area contributed by atoms with Crippen molar-refractivity contribution in [2.45, 2.75) is 6.42 Å². The second-order valence-corrected chi connectivity index (χ2v) is 4.69. The fourth-order valence-electron chi connectivity index (χ4n) is 1.81. The molecule has 0 saturated heterocycles. The Kier molecular flexibility index (Phi) is 3.78. The van der Waals surface area contributed by atoms with Crippen LogP contribution in [0.2, 0.25) is 5.28 Å². The van der Waals surface area contributed by atoms with Gasteiger partial charge in [-0.3, -0.25) is 9.25 Å². The first-order chi connectivity index (χ1) is 10.2. The Hall–Kier alpha value is -2.48. The van der Waals surface area contributed by atoms with E-state index >= 15 is 0 Å². The molecular weight excluding hydrogens is 292 g/mol. The predicted octanol–water partition coefficient (Wildman–Crippen LogP) is 1.10. The van der Waals surface area contributed by atoms with Crippen LogP contribution in [0.5, 0.6) is 0 Å². The molecule has 9 heteroatoms. The third-order valence-electron chi connectivity index (χ3n) is 2.76. The molecule has 0 atom stereocenters. The molecule has 0 aliphatic rings. The summed E-state index contributed by atoms with van der Waals surface area (Å²) in [5.41, 5.74) is 1.000. The van der Waals surface area contributed by atoms with Crippen LogP contribution in [0.4, 0.5) is 5.95 Å². The lowest BCUT2D eigenvalue weighted by Crippen LogP contribution is -2.11. The zero-order chi connectivity index (χ0) is 14.7. The summed E-state index contributed by atoms with van der Waals surface area (Å²) in [6.07, 6.45) is 7.66. The predicted molar refractivity (Wildman–Crippen MR) is 77.4 cm³/mol. The van der Waals surface area contributed by atoms with Crippen LogP contribution in [-0.2, 0) is 13.5 Å². The fourth-order valence-corrected chi connectivity index (χ4v) is 1.97. The average Bonchev–Trinajstić information content (AvgIpc) is 3.10. The minimum atomic E-state index is 0.133. The van der Waals surface area contributed by atoms with Crippen LogP contribution in [-0.4, -0.2) is 40.8 Å². The van der Waals surface area contributed by atoms with Crippen LogP contribution in [0, 0.1) is 0 Å². The number of halogens is 1. The van der Waals surface area contributed by atoms with Crippen LogP contribution < -0.4 is 5.32 Å². The van der Waals surface area contributed by atoms with Gasteiger partial charge < -0.3 is 5.32 Å². The maximum atomic E-state index is 5.91. The second kappa shape index (κ2) is 5.88. The van der Waals surface area contributed by atoms with Gasteiger partial charge in [-0.25, -0.2) is 4.98 Å². The van der Waals surface area contributed by atoms with E-state index in [-0.39, 0.29) is 5.28 Å². The van der Waals surface area contributed by atoms with Crippen molar-refractivity contribution in [3.8, 4) is 5.95 Å². The van der Waals surface area contributed by atoms with E-state index in [9.17, 15) is 0 Å². The second-order valence-electron chi connectivity index (χ2n) is 4.36. The highest BCUT2D eigenvalue weighted by Crippen LogP contribution is 2.09. The number of hydrogen-bond donors (Lipinski definition) is 1. The number of aryl methyl sites for hydroxylation is 1. The highest BCUT2D eigenvalue weighted by molar-refractivity contribution is 6.28. The molecule has 0 aliphatic heterocycles. The Labute approximate surface area is 125 Å². The monoisotopic (exact) mass is 304 g/mol. The van der Waals surface area contributed by atoms with Crippen molar-refractivity contribution < 1.29 is 0 Å². The topological polar surface area (TPSA) is 86.3 Å². The molecule has 3 rings (SSSR count). The van der Waals surface area contributed by atoms with E-state index in [1.807, 2.05) is 19.3 Å². The molecule has 21 heavy (non-hydrogen) atoms. The summed E-state index contributed by atoms with van der Waals surface area (Å²) in [5.74, 6) is 0.850. The Bertz CT molecular complexity index is 721. The van der Waals surface area contributed by atoms with Gasteiger partial charge in [0, 0.05) is 38.6 Å². The quantitative estimate of drug-likeness (QED) is 0.759. The normalized spacial score (nSPS) is 10.8. The van der Waals surface area contributed by atoms with Gasteiger partial charge in [0.15, 0.2) is 0 Å². The molecule has 0 aromatic carbocycles. The Morgan fingerprint density at radius 2 is 2.14 bits per heavy atom. The molecule has 3 aromatic heterocycles. The van der Waals surface area contributed by atoms with Gasteiger partial charge in [0.1, 0.15) is 6.33 Å². The van der Waals surface area contributed by atoms with Crippen molar-refractivity contribution in [2.24, 2.45) is 7.05 Å². The zero-order valence-corrected chi connectivity index (χ0v) is 12.1. The summed E-state index contributed by atoms with van der Waals surface area (Å²) < 4.78 is 3.43. The van der Waals surface area contributed by atoms with Crippen molar-refractivity contribution in [3.05, 3.63) is 42.0 Å². The SMILES string of the molecule is Cn1ccc(CCNc2nc(Cl)nc(-n3ccnc3)n2)n1. The molecule has 0 amide bonds. The number of imidazole rings is 1. The van der Waals surface area contributed by atoms with Gasteiger partial charge in [0.05, 0.1) is 5.69 Å². The molecule has 0 saturated carbocycles. The number of aromatic nitrogens is 7. The molecule has 108 valence electrons. The van der Waals surface area contributed by atoms with E-state index in [2.05, 4.69) is 30.4 Å². The van der Waals surface area contributed by atoms with E-state index < -0.39 is 0 Å². The van der Waals surface area contributed by atoms with Gasteiger partial charge in [0.2, 0.25) is 17.2 Å². The zero-order valence-electron chi connectivity index (χ0n) is 11.3. The largest absolute Gasteiger partial charge is 0.354 e. The van der Waals surface area contributed by atoms with E-state index in [0.29, 0.717) is 18.4 Å². The molecule has 0 fully saturated rings. The lowest BCUT2D eigenvalue weighted by molar-refractivity contribution is 0.741. The third kappa shape index (κ3) is 3.34. The molecule has 0 radical (unpaired) electrons. The van der Waals surface area contributed by atoms with Crippen molar-refractivity contribution in [3.63, 3.8) is 0 Å². The van der Waals surface area contributed by atoms with E-state index in [1.165, 1.54) is 0 Å². The molecular formula is C12H13ClN8. The molecule has 3 heterocycles. The van der Waals surface area contributed by atoms with Gasteiger partial charge in [-0.1, -0.05) is 0 Å². The first-order valence-corrected chi connectivity index (χ1v) is 6.71. The summed E-state index contributed by atoms with van der Waals surface area (Å²) in [4.78, 5) is 16.4. The van der Waals surface area contributed by atoms with Gasteiger partial charge in [-0.05, 0) is 17.7 Å². The highest BCUT2D eigenvalue weighted by Gasteiger charge is 2.06. The Balaban J connectivity index is 1.68. The fraction of sp³-hybridized carbons (Fsp3) is 0.250. The van der Waals surface area contributed by atoms with Gasteiger partial charge in [0.25, 0.3) is 0 Å².